The van der Waals surface area contributed by atoms with Gasteiger partial charge in [-0.1, -0.05) is 60.3 Å². The van der Waals surface area contributed by atoms with Crippen molar-refractivity contribution in [2.24, 2.45) is 10.2 Å². The molecule has 1 aliphatic rings. The number of thioether (sulfide) groups is 1. The second kappa shape index (κ2) is 9.23. The Balaban J connectivity index is 1.32. The predicted molar refractivity (Wildman–Crippen MR) is 118 cm³/mol. The molecule has 0 radical (unpaired) electrons. The summed E-state index contributed by atoms with van der Waals surface area (Å²) in [6.45, 7) is 0. The zero-order chi connectivity index (χ0) is 20.8. The highest BCUT2D eigenvalue weighted by atomic mass is 32.2. The van der Waals surface area contributed by atoms with Crippen LogP contribution in [0.1, 0.15) is 12.2 Å². The van der Waals surface area contributed by atoms with Gasteiger partial charge in [0.1, 0.15) is 16.8 Å². The number of carbonyl (C=O) groups excluding carboxylic acids is 2. The lowest BCUT2D eigenvalue weighted by atomic mass is 10.2. The minimum atomic E-state index is -0.545. The summed E-state index contributed by atoms with van der Waals surface area (Å²) in [5, 5.41) is 13.2. The second-order valence-electron chi connectivity index (χ2n) is 6.43. The molecule has 0 bridgehead atoms. The summed E-state index contributed by atoms with van der Waals surface area (Å²) in [6, 6.07) is 22.5. The number of amides is 2. The SMILES string of the molecule is O=C(CC1S/C(=N\N=C\c2ccc(-c3ccccc3)o2)NC1=O)Nc1ccccc1. The molecule has 2 heterocycles. The first kappa shape index (κ1) is 19.7. The standard InChI is InChI=1S/C22H18N4O3S/c27-20(24-16-9-5-2-6-10-16)13-19-21(28)25-22(30-19)26-23-14-17-11-12-18(29-17)15-7-3-1-4-8-15/h1-12,14,19H,13H2,(H,24,27)(H,25,26,28)/b23-14+. The third-order valence-corrected chi connectivity index (χ3v) is 5.30. The van der Waals surface area contributed by atoms with E-state index in [2.05, 4.69) is 20.8 Å². The maximum absolute atomic E-state index is 12.2. The minimum absolute atomic E-state index is 0.0484. The van der Waals surface area contributed by atoms with Crippen molar-refractivity contribution in [3.05, 3.63) is 78.6 Å². The van der Waals surface area contributed by atoms with Crippen LogP contribution in [0, 0.1) is 0 Å². The van der Waals surface area contributed by atoms with E-state index >= 15 is 0 Å². The summed E-state index contributed by atoms with van der Waals surface area (Å²) >= 11 is 1.18. The number of hydrogen-bond acceptors (Lipinski definition) is 6. The van der Waals surface area contributed by atoms with Crippen LogP contribution in [0.15, 0.2) is 87.4 Å². The van der Waals surface area contributed by atoms with Gasteiger partial charge in [-0.05, 0) is 24.3 Å². The summed E-state index contributed by atoms with van der Waals surface area (Å²) in [6.07, 6.45) is 1.52. The number of anilines is 1. The van der Waals surface area contributed by atoms with Gasteiger partial charge in [0.05, 0.1) is 6.21 Å². The summed E-state index contributed by atoms with van der Waals surface area (Å²) in [7, 11) is 0. The summed E-state index contributed by atoms with van der Waals surface area (Å²) in [4.78, 5) is 24.3. The van der Waals surface area contributed by atoms with E-state index in [0.29, 0.717) is 16.6 Å². The molecule has 150 valence electrons. The molecule has 1 aliphatic heterocycles. The highest BCUT2D eigenvalue weighted by molar-refractivity contribution is 8.15. The lowest BCUT2D eigenvalue weighted by molar-refractivity contribution is -0.122. The highest BCUT2D eigenvalue weighted by Crippen LogP contribution is 2.23. The Hall–Kier alpha value is -3.65. The van der Waals surface area contributed by atoms with E-state index in [0.717, 1.165) is 11.3 Å². The van der Waals surface area contributed by atoms with Crippen LogP contribution in [0.2, 0.25) is 0 Å². The van der Waals surface area contributed by atoms with Gasteiger partial charge in [-0.15, -0.1) is 5.10 Å². The van der Waals surface area contributed by atoms with E-state index in [4.69, 9.17) is 4.42 Å². The fourth-order valence-corrected chi connectivity index (χ4v) is 3.73. The van der Waals surface area contributed by atoms with Gasteiger partial charge in [0, 0.05) is 17.7 Å². The normalized spacial score (nSPS) is 17.4. The van der Waals surface area contributed by atoms with E-state index in [1.807, 2.05) is 54.6 Å². The highest BCUT2D eigenvalue weighted by Gasteiger charge is 2.32. The molecular weight excluding hydrogens is 400 g/mol. The van der Waals surface area contributed by atoms with Crippen molar-refractivity contribution >= 4 is 40.6 Å². The third-order valence-electron chi connectivity index (χ3n) is 4.22. The number of furan rings is 1. The first-order valence-corrected chi connectivity index (χ1v) is 10.1. The van der Waals surface area contributed by atoms with Gasteiger partial charge in [-0.2, -0.15) is 5.10 Å². The van der Waals surface area contributed by atoms with Crippen molar-refractivity contribution in [2.75, 3.05) is 5.32 Å². The number of nitrogens with one attached hydrogen (secondary N) is 2. The molecule has 2 amide bonds. The van der Waals surface area contributed by atoms with Crippen LogP contribution in [0.4, 0.5) is 5.69 Å². The zero-order valence-corrected chi connectivity index (χ0v) is 16.6. The maximum atomic E-state index is 12.2. The molecule has 1 fully saturated rings. The van der Waals surface area contributed by atoms with Crippen molar-refractivity contribution in [1.29, 1.82) is 0 Å². The lowest BCUT2D eigenvalue weighted by Gasteiger charge is -2.06. The van der Waals surface area contributed by atoms with Gasteiger partial charge in [0.2, 0.25) is 11.8 Å². The van der Waals surface area contributed by atoms with Crippen LogP contribution in [-0.4, -0.2) is 28.4 Å². The fraction of sp³-hybridized carbons (Fsp3) is 0.0909. The number of amidine groups is 1. The summed E-state index contributed by atoms with van der Waals surface area (Å²) in [5.74, 6) is 0.785. The molecule has 0 aliphatic carbocycles. The molecule has 2 N–H and O–H groups in total. The molecule has 8 heteroatoms. The molecule has 7 nitrogen and oxygen atoms in total. The van der Waals surface area contributed by atoms with Gasteiger partial charge in [-0.25, -0.2) is 0 Å². The number of benzene rings is 2. The van der Waals surface area contributed by atoms with Crippen molar-refractivity contribution in [2.45, 2.75) is 11.7 Å². The maximum Gasteiger partial charge on any atom is 0.240 e. The van der Waals surface area contributed by atoms with Gasteiger partial charge in [0.15, 0.2) is 5.17 Å². The zero-order valence-electron chi connectivity index (χ0n) is 15.8. The Morgan fingerprint density at radius 2 is 1.80 bits per heavy atom. The van der Waals surface area contributed by atoms with Gasteiger partial charge in [0.25, 0.3) is 0 Å². The van der Waals surface area contributed by atoms with E-state index in [9.17, 15) is 9.59 Å². The van der Waals surface area contributed by atoms with Crippen LogP contribution in [0.5, 0.6) is 0 Å². The smallest absolute Gasteiger partial charge is 0.240 e. The fourth-order valence-electron chi connectivity index (χ4n) is 2.81. The van der Waals surface area contributed by atoms with Crippen molar-refractivity contribution in [1.82, 2.24) is 5.32 Å². The van der Waals surface area contributed by atoms with Crippen LogP contribution in [0.25, 0.3) is 11.3 Å². The van der Waals surface area contributed by atoms with E-state index in [1.165, 1.54) is 18.0 Å². The Bertz CT molecular complexity index is 1090. The lowest BCUT2D eigenvalue weighted by Crippen LogP contribution is -2.28. The third kappa shape index (κ3) is 5.03. The quantitative estimate of drug-likeness (QED) is 0.469. The molecule has 1 saturated heterocycles. The number of para-hydroxylation sites is 1. The molecule has 1 unspecified atom stereocenters. The summed E-state index contributed by atoms with van der Waals surface area (Å²) < 4.78 is 5.72. The largest absolute Gasteiger partial charge is 0.455 e. The van der Waals surface area contributed by atoms with Crippen LogP contribution in [-0.2, 0) is 9.59 Å². The van der Waals surface area contributed by atoms with E-state index in [1.54, 1.807) is 18.2 Å². The van der Waals surface area contributed by atoms with Gasteiger partial charge >= 0.3 is 0 Å². The van der Waals surface area contributed by atoms with Crippen LogP contribution < -0.4 is 10.6 Å². The molecule has 1 atom stereocenters. The Morgan fingerprint density at radius 3 is 2.57 bits per heavy atom. The first-order chi connectivity index (χ1) is 14.7. The van der Waals surface area contributed by atoms with Crippen molar-refractivity contribution in [3.8, 4) is 11.3 Å². The van der Waals surface area contributed by atoms with Crippen LogP contribution >= 0.6 is 11.8 Å². The molecular formula is C22H18N4O3S. The average molecular weight is 418 g/mol. The number of rotatable bonds is 6. The Kier molecular flexibility index (Phi) is 6.05. The Morgan fingerprint density at radius 1 is 1.07 bits per heavy atom. The monoisotopic (exact) mass is 418 g/mol. The number of nitrogens with zero attached hydrogens (tertiary/aromatic N) is 2. The molecule has 3 aromatic rings. The molecule has 0 saturated carbocycles. The molecule has 2 aromatic carbocycles. The topological polar surface area (TPSA) is 96.1 Å². The average Bonchev–Trinajstić information content (AvgIpc) is 3.36. The van der Waals surface area contributed by atoms with Gasteiger partial charge < -0.3 is 15.1 Å². The minimum Gasteiger partial charge on any atom is -0.455 e. The number of carbonyl (C=O) groups is 2. The van der Waals surface area contributed by atoms with E-state index < -0.39 is 5.25 Å². The second-order valence-corrected chi connectivity index (χ2v) is 7.62. The van der Waals surface area contributed by atoms with Crippen molar-refractivity contribution < 1.29 is 14.0 Å². The van der Waals surface area contributed by atoms with Crippen LogP contribution in [0.3, 0.4) is 0 Å². The number of hydrogen-bond donors (Lipinski definition) is 2. The van der Waals surface area contributed by atoms with Crippen molar-refractivity contribution in [3.63, 3.8) is 0 Å². The van der Waals surface area contributed by atoms with E-state index in [-0.39, 0.29) is 18.2 Å². The van der Waals surface area contributed by atoms with Gasteiger partial charge in [-0.3, -0.25) is 9.59 Å². The molecule has 30 heavy (non-hydrogen) atoms. The molecule has 4 rings (SSSR count). The summed E-state index contributed by atoms with van der Waals surface area (Å²) in [5.41, 5.74) is 1.66. The molecule has 1 aromatic heterocycles. The first-order valence-electron chi connectivity index (χ1n) is 9.26. The predicted octanol–water partition coefficient (Wildman–Crippen LogP) is 3.90. The Labute approximate surface area is 177 Å². The molecule has 0 spiro atoms.